The fourth-order valence-corrected chi connectivity index (χ4v) is 1.67. The van der Waals surface area contributed by atoms with E-state index in [9.17, 15) is 27.2 Å². The van der Waals surface area contributed by atoms with Crippen LogP contribution < -0.4 is 0 Å². The molecule has 17 heavy (non-hydrogen) atoms. The Bertz CT molecular complexity index is 268. The standard InChI is InChI=1S/C8H8Br2F4O3/c9-3-1-7(11,12)5(15)17-6(16)8(13,14)2-4-10/h1-4H2. The Morgan fingerprint density at radius 3 is 1.41 bits per heavy atom. The highest BCUT2D eigenvalue weighted by Crippen LogP contribution is 2.25. The SMILES string of the molecule is O=C(OC(=O)C(F)(F)CCBr)C(F)(F)CCBr. The lowest BCUT2D eigenvalue weighted by Gasteiger charge is -2.16. The molecule has 0 aromatic heterocycles. The topological polar surface area (TPSA) is 43.4 Å². The molecule has 0 unspecified atom stereocenters. The minimum Gasteiger partial charge on any atom is -0.384 e. The first-order valence-electron chi connectivity index (χ1n) is 4.31. The van der Waals surface area contributed by atoms with Crippen LogP contribution in [0.1, 0.15) is 12.8 Å². The Balaban J connectivity index is 4.54. The zero-order valence-corrected chi connectivity index (χ0v) is 11.5. The molecule has 0 aliphatic heterocycles. The van der Waals surface area contributed by atoms with Gasteiger partial charge in [-0.05, 0) is 0 Å². The van der Waals surface area contributed by atoms with E-state index in [2.05, 4.69) is 36.6 Å². The van der Waals surface area contributed by atoms with E-state index in [1.165, 1.54) is 0 Å². The lowest BCUT2D eigenvalue weighted by Crippen LogP contribution is -2.39. The van der Waals surface area contributed by atoms with Crippen LogP contribution in [0.3, 0.4) is 0 Å². The molecule has 100 valence electrons. The Morgan fingerprint density at radius 1 is 0.882 bits per heavy atom. The summed E-state index contributed by atoms with van der Waals surface area (Å²) in [5, 5.41) is -0.470. The number of hydrogen-bond donors (Lipinski definition) is 0. The molecule has 0 rings (SSSR count). The van der Waals surface area contributed by atoms with Crippen LogP contribution in [0.15, 0.2) is 0 Å². The minimum atomic E-state index is -3.97. The maximum Gasteiger partial charge on any atom is 0.384 e. The van der Waals surface area contributed by atoms with Crippen molar-refractivity contribution >= 4 is 43.8 Å². The molecule has 0 aromatic rings. The number of alkyl halides is 6. The second-order valence-corrected chi connectivity index (χ2v) is 4.55. The number of rotatable bonds is 6. The Hall–Kier alpha value is -0.180. The van der Waals surface area contributed by atoms with Gasteiger partial charge in [0.05, 0.1) is 0 Å². The van der Waals surface area contributed by atoms with Crippen molar-refractivity contribution in [3.8, 4) is 0 Å². The first-order chi connectivity index (χ1) is 7.67. The molecule has 0 aliphatic rings. The highest BCUT2D eigenvalue weighted by molar-refractivity contribution is 9.09. The van der Waals surface area contributed by atoms with E-state index in [1.54, 1.807) is 0 Å². The second kappa shape index (κ2) is 6.67. The molecule has 0 atom stereocenters. The van der Waals surface area contributed by atoms with E-state index >= 15 is 0 Å². The van der Waals surface area contributed by atoms with Gasteiger partial charge in [-0.1, -0.05) is 31.9 Å². The summed E-state index contributed by atoms with van der Waals surface area (Å²) in [7, 11) is 0. The Morgan fingerprint density at radius 2 is 1.18 bits per heavy atom. The molecule has 0 spiro atoms. The number of hydrogen-bond acceptors (Lipinski definition) is 3. The molecule has 9 heteroatoms. The quantitative estimate of drug-likeness (QED) is 0.304. The van der Waals surface area contributed by atoms with Crippen molar-refractivity contribution in [1.29, 1.82) is 0 Å². The predicted octanol–water partition coefficient (Wildman–Crippen LogP) is 2.90. The lowest BCUT2D eigenvalue weighted by molar-refractivity contribution is -0.192. The highest BCUT2D eigenvalue weighted by Gasteiger charge is 2.47. The number of ether oxygens (including phenoxy) is 1. The van der Waals surface area contributed by atoms with Crippen molar-refractivity contribution in [2.45, 2.75) is 24.7 Å². The molecule has 0 heterocycles. The molecular formula is C8H8Br2F4O3. The minimum absolute atomic E-state index is 0.235. The summed E-state index contributed by atoms with van der Waals surface area (Å²) in [6.45, 7) is 0. The van der Waals surface area contributed by atoms with Gasteiger partial charge in [-0.3, -0.25) is 0 Å². The second-order valence-electron chi connectivity index (χ2n) is 2.96. The van der Waals surface area contributed by atoms with Crippen molar-refractivity contribution in [2.24, 2.45) is 0 Å². The average molecular weight is 388 g/mol. The van der Waals surface area contributed by atoms with Crippen LogP contribution in [-0.2, 0) is 14.3 Å². The van der Waals surface area contributed by atoms with Gasteiger partial charge >= 0.3 is 23.8 Å². The smallest absolute Gasteiger partial charge is 0.384 e. The molecule has 0 radical (unpaired) electrons. The summed E-state index contributed by atoms with van der Waals surface area (Å²) < 4.78 is 54.8. The van der Waals surface area contributed by atoms with Crippen LogP contribution in [-0.4, -0.2) is 34.4 Å². The van der Waals surface area contributed by atoms with Crippen molar-refractivity contribution in [2.75, 3.05) is 10.7 Å². The third-order valence-electron chi connectivity index (χ3n) is 1.60. The van der Waals surface area contributed by atoms with E-state index < -0.39 is 36.6 Å². The molecule has 0 aliphatic carbocycles. The summed E-state index contributed by atoms with van der Waals surface area (Å²) in [6.07, 6.45) is -1.88. The fraction of sp³-hybridized carbons (Fsp3) is 0.750. The van der Waals surface area contributed by atoms with Crippen LogP contribution in [0, 0.1) is 0 Å². The maximum absolute atomic E-state index is 12.8. The van der Waals surface area contributed by atoms with Crippen molar-refractivity contribution in [1.82, 2.24) is 0 Å². The number of carbonyl (C=O) groups excluding carboxylic acids is 2. The van der Waals surface area contributed by atoms with Gasteiger partial charge in [0.25, 0.3) is 0 Å². The molecule has 0 fully saturated rings. The third kappa shape index (κ3) is 5.33. The zero-order valence-electron chi connectivity index (χ0n) is 8.32. The van der Waals surface area contributed by atoms with Crippen LogP contribution in [0.5, 0.6) is 0 Å². The average Bonchev–Trinajstić information content (AvgIpc) is 2.17. The predicted molar refractivity (Wildman–Crippen MR) is 57.8 cm³/mol. The van der Waals surface area contributed by atoms with E-state index in [0.29, 0.717) is 0 Å². The molecular weight excluding hydrogens is 380 g/mol. The first kappa shape index (κ1) is 16.8. The van der Waals surface area contributed by atoms with Gasteiger partial charge in [0.15, 0.2) is 0 Å². The molecule has 0 amide bonds. The van der Waals surface area contributed by atoms with Crippen LogP contribution in [0.25, 0.3) is 0 Å². The van der Waals surface area contributed by atoms with Crippen LogP contribution in [0.2, 0.25) is 0 Å². The summed E-state index contributed by atoms with van der Waals surface area (Å²) in [4.78, 5) is 21.5. The number of esters is 2. The van der Waals surface area contributed by atoms with Crippen LogP contribution in [0.4, 0.5) is 17.6 Å². The van der Waals surface area contributed by atoms with Gasteiger partial charge in [0.1, 0.15) is 0 Å². The summed E-state index contributed by atoms with van der Waals surface area (Å²) in [5.41, 5.74) is 0. The van der Waals surface area contributed by atoms with E-state index in [-0.39, 0.29) is 10.7 Å². The molecule has 0 saturated carbocycles. The summed E-state index contributed by atoms with van der Waals surface area (Å²) >= 11 is 5.31. The zero-order chi connectivity index (χ0) is 13.7. The Labute approximate surface area is 111 Å². The highest BCUT2D eigenvalue weighted by atomic mass is 79.9. The van der Waals surface area contributed by atoms with Gasteiger partial charge in [-0.25, -0.2) is 9.59 Å². The molecule has 0 saturated heterocycles. The summed E-state index contributed by atoms with van der Waals surface area (Å²) in [5.74, 6) is -12.5. The largest absolute Gasteiger partial charge is 0.384 e. The Kier molecular flexibility index (Phi) is 6.60. The summed E-state index contributed by atoms with van der Waals surface area (Å²) in [6, 6.07) is 0. The van der Waals surface area contributed by atoms with Gasteiger partial charge in [-0.15, -0.1) is 0 Å². The number of carbonyl (C=O) groups is 2. The number of halogens is 6. The molecule has 3 nitrogen and oxygen atoms in total. The molecule has 0 N–H and O–H groups in total. The first-order valence-corrected chi connectivity index (χ1v) is 6.56. The van der Waals surface area contributed by atoms with Crippen LogP contribution >= 0.6 is 31.9 Å². The van der Waals surface area contributed by atoms with Gasteiger partial charge < -0.3 is 4.74 Å². The fourth-order valence-electron chi connectivity index (χ4n) is 0.675. The maximum atomic E-state index is 12.8. The third-order valence-corrected chi connectivity index (χ3v) is 2.39. The molecule has 0 aromatic carbocycles. The van der Waals surface area contributed by atoms with Crippen molar-refractivity contribution in [3.05, 3.63) is 0 Å². The van der Waals surface area contributed by atoms with Gasteiger partial charge in [0, 0.05) is 23.5 Å². The monoisotopic (exact) mass is 386 g/mol. The van der Waals surface area contributed by atoms with Gasteiger partial charge in [-0.2, -0.15) is 17.6 Å². The van der Waals surface area contributed by atoms with E-state index in [0.717, 1.165) is 0 Å². The lowest BCUT2D eigenvalue weighted by atomic mass is 10.2. The molecule has 0 bridgehead atoms. The van der Waals surface area contributed by atoms with Crippen molar-refractivity contribution < 1.29 is 31.9 Å². The van der Waals surface area contributed by atoms with Gasteiger partial charge in [0.2, 0.25) is 0 Å². The normalized spacial score (nSPS) is 12.4. The van der Waals surface area contributed by atoms with E-state index in [4.69, 9.17) is 0 Å². The van der Waals surface area contributed by atoms with Crippen molar-refractivity contribution in [3.63, 3.8) is 0 Å². The van der Waals surface area contributed by atoms with E-state index in [1.807, 2.05) is 0 Å².